The van der Waals surface area contributed by atoms with E-state index in [1.54, 1.807) is 0 Å². The van der Waals surface area contributed by atoms with Crippen molar-refractivity contribution in [2.45, 2.75) is 40.5 Å². The van der Waals surface area contributed by atoms with Gasteiger partial charge in [0.15, 0.2) is 0 Å². The number of carbonyl (C=O) groups excluding carboxylic acids is 1. The van der Waals surface area contributed by atoms with Crippen molar-refractivity contribution < 1.29 is 9.18 Å². The molecule has 0 radical (unpaired) electrons. The summed E-state index contributed by atoms with van der Waals surface area (Å²) in [6.45, 7) is 7.83. The van der Waals surface area contributed by atoms with E-state index < -0.39 is 5.82 Å². The molecule has 1 amide bonds. The lowest BCUT2D eigenvalue weighted by molar-refractivity contribution is -0.116. The lowest BCUT2D eigenvalue weighted by atomic mass is 9.97. The molecule has 0 heterocycles. The first kappa shape index (κ1) is 16.0. The van der Waals surface area contributed by atoms with Gasteiger partial charge in [0.2, 0.25) is 5.91 Å². The van der Waals surface area contributed by atoms with Gasteiger partial charge in [0.05, 0.1) is 16.9 Å². The maximum Gasteiger partial charge on any atom is 0.224 e. The summed E-state index contributed by atoms with van der Waals surface area (Å²) in [5.41, 5.74) is 6.30. The summed E-state index contributed by atoms with van der Waals surface area (Å²) in [4.78, 5) is 11.6. The molecular weight excluding hydrogens is 255 g/mol. The fourth-order valence-corrected chi connectivity index (χ4v) is 1.49. The van der Waals surface area contributed by atoms with Gasteiger partial charge in [-0.15, -0.1) is 0 Å². The second-order valence-corrected chi connectivity index (χ2v) is 5.72. The van der Waals surface area contributed by atoms with Crippen molar-refractivity contribution in [3.8, 4) is 11.8 Å². The first-order chi connectivity index (χ1) is 9.23. The highest BCUT2D eigenvalue weighted by Crippen LogP contribution is 2.23. The van der Waals surface area contributed by atoms with Crippen molar-refractivity contribution in [1.29, 1.82) is 0 Å². The minimum atomic E-state index is -0.557. The molecule has 0 unspecified atom stereocenters. The van der Waals surface area contributed by atoms with E-state index in [4.69, 9.17) is 5.73 Å². The fraction of sp³-hybridized carbons (Fsp3) is 0.438. The average Bonchev–Trinajstić information content (AvgIpc) is 2.31. The zero-order valence-corrected chi connectivity index (χ0v) is 12.4. The molecule has 20 heavy (non-hydrogen) atoms. The second kappa shape index (κ2) is 6.42. The molecular formula is C16H21FN2O. The number of nitrogens with one attached hydrogen (secondary N) is 1. The Hall–Kier alpha value is -2.02. The standard InChI is InChI=1S/C16H21FN2O/c1-5-6-15(20)19-14-10-12(17)13(18)9-11(14)7-8-16(2,3)4/h9-10H,5-6,18H2,1-4H3,(H,19,20). The van der Waals surface area contributed by atoms with Crippen LogP contribution in [0.2, 0.25) is 0 Å². The quantitative estimate of drug-likeness (QED) is 0.655. The lowest BCUT2D eigenvalue weighted by Gasteiger charge is -2.10. The van der Waals surface area contributed by atoms with Gasteiger partial charge < -0.3 is 11.1 Å². The SMILES string of the molecule is CCCC(=O)Nc1cc(F)c(N)cc1C#CC(C)(C)C. The molecule has 0 fully saturated rings. The van der Waals surface area contributed by atoms with Gasteiger partial charge in [-0.1, -0.05) is 18.8 Å². The monoisotopic (exact) mass is 276 g/mol. The topological polar surface area (TPSA) is 55.1 Å². The number of hydrogen-bond donors (Lipinski definition) is 2. The summed E-state index contributed by atoms with van der Waals surface area (Å²) in [7, 11) is 0. The Morgan fingerprint density at radius 1 is 1.40 bits per heavy atom. The third-order valence-corrected chi connectivity index (χ3v) is 2.46. The molecule has 1 rings (SSSR count). The number of nitrogen functional groups attached to an aromatic ring is 1. The Bertz CT molecular complexity index is 562. The lowest BCUT2D eigenvalue weighted by Crippen LogP contribution is -2.12. The van der Waals surface area contributed by atoms with Crippen LogP contribution in [0.15, 0.2) is 12.1 Å². The number of carbonyl (C=O) groups is 1. The summed E-state index contributed by atoms with van der Waals surface area (Å²) in [5.74, 6) is 5.29. The van der Waals surface area contributed by atoms with E-state index in [1.165, 1.54) is 12.1 Å². The number of nitrogens with two attached hydrogens (primary N) is 1. The van der Waals surface area contributed by atoms with Crippen molar-refractivity contribution in [3.05, 3.63) is 23.5 Å². The van der Waals surface area contributed by atoms with Crippen LogP contribution in [-0.2, 0) is 4.79 Å². The van der Waals surface area contributed by atoms with E-state index >= 15 is 0 Å². The molecule has 0 aliphatic carbocycles. The molecule has 1 aromatic rings. The summed E-state index contributed by atoms with van der Waals surface area (Å²) in [5, 5.41) is 2.68. The molecule has 108 valence electrons. The summed E-state index contributed by atoms with van der Waals surface area (Å²) < 4.78 is 13.5. The third kappa shape index (κ3) is 4.93. The van der Waals surface area contributed by atoms with Crippen LogP contribution in [0.5, 0.6) is 0 Å². The highest BCUT2D eigenvalue weighted by Gasteiger charge is 2.10. The van der Waals surface area contributed by atoms with E-state index in [1.807, 2.05) is 27.7 Å². The molecule has 3 nitrogen and oxygen atoms in total. The third-order valence-electron chi connectivity index (χ3n) is 2.46. The van der Waals surface area contributed by atoms with Crippen LogP contribution in [0.3, 0.4) is 0 Å². The van der Waals surface area contributed by atoms with Gasteiger partial charge >= 0.3 is 0 Å². The molecule has 0 atom stereocenters. The molecule has 3 N–H and O–H groups in total. The highest BCUT2D eigenvalue weighted by atomic mass is 19.1. The molecule has 0 aromatic heterocycles. The Labute approximate surface area is 119 Å². The molecule has 1 aromatic carbocycles. The van der Waals surface area contributed by atoms with E-state index in [2.05, 4.69) is 17.2 Å². The maximum absolute atomic E-state index is 13.5. The van der Waals surface area contributed by atoms with Crippen molar-refractivity contribution in [2.24, 2.45) is 5.41 Å². The van der Waals surface area contributed by atoms with Crippen molar-refractivity contribution >= 4 is 17.3 Å². The first-order valence-electron chi connectivity index (χ1n) is 6.65. The van der Waals surface area contributed by atoms with Crippen LogP contribution in [0, 0.1) is 23.1 Å². The largest absolute Gasteiger partial charge is 0.396 e. The molecule has 0 spiro atoms. The van der Waals surface area contributed by atoms with Gasteiger partial charge in [0, 0.05) is 17.9 Å². The zero-order valence-electron chi connectivity index (χ0n) is 12.4. The fourth-order valence-electron chi connectivity index (χ4n) is 1.49. The normalized spacial score (nSPS) is 10.7. The minimum Gasteiger partial charge on any atom is -0.396 e. The van der Waals surface area contributed by atoms with Crippen LogP contribution in [0.4, 0.5) is 15.8 Å². The number of benzene rings is 1. The Morgan fingerprint density at radius 2 is 2.05 bits per heavy atom. The zero-order chi connectivity index (χ0) is 15.3. The van der Waals surface area contributed by atoms with Crippen molar-refractivity contribution in [1.82, 2.24) is 0 Å². The van der Waals surface area contributed by atoms with Gasteiger partial charge in [0.25, 0.3) is 0 Å². The van der Waals surface area contributed by atoms with Gasteiger partial charge in [-0.25, -0.2) is 4.39 Å². The number of anilines is 2. The number of halogens is 1. The molecule has 0 aliphatic rings. The highest BCUT2D eigenvalue weighted by molar-refractivity contribution is 5.92. The summed E-state index contributed by atoms with van der Waals surface area (Å²) in [6, 6.07) is 2.67. The van der Waals surface area contributed by atoms with E-state index in [0.717, 1.165) is 6.42 Å². The van der Waals surface area contributed by atoms with E-state index in [-0.39, 0.29) is 17.0 Å². The number of rotatable bonds is 3. The molecule has 0 saturated heterocycles. The Morgan fingerprint density at radius 3 is 2.60 bits per heavy atom. The summed E-state index contributed by atoms with van der Waals surface area (Å²) in [6.07, 6.45) is 1.12. The van der Waals surface area contributed by atoms with Crippen LogP contribution in [-0.4, -0.2) is 5.91 Å². The molecule has 0 bridgehead atoms. The van der Waals surface area contributed by atoms with Crippen LogP contribution in [0.25, 0.3) is 0 Å². The van der Waals surface area contributed by atoms with Crippen molar-refractivity contribution in [2.75, 3.05) is 11.1 Å². The Kier molecular flexibility index (Phi) is 5.15. The van der Waals surface area contributed by atoms with Gasteiger partial charge in [-0.2, -0.15) is 0 Å². The number of amides is 1. The first-order valence-corrected chi connectivity index (χ1v) is 6.65. The van der Waals surface area contributed by atoms with Crippen LogP contribution in [0.1, 0.15) is 46.1 Å². The molecule has 4 heteroatoms. The van der Waals surface area contributed by atoms with E-state index in [0.29, 0.717) is 17.7 Å². The van der Waals surface area contributed by atoms with Crippen LogP contribution < -0.4 is 11.1 Å². The van der Waals surface area contributed by atoms with E-state index in [9.17, 15) is 9.18 Å². The summed E-state index contributed by atoms with van der Waals surface area (Å²) >= 11 is 0. The van der Waals surface area contributed by atoms with Crippen LogP contribution >= 0.6 is 0 Å². The van der Waals surface area contributed by atoms with Gasteiger partial charge in [0.1, 0.15) is 5.82 Å². The smallest absolute Gasteiger partial charge is 0.224 e. The van der Waals surface area contributed by atoms with Crippen molar-refractivity contribution in [3.63, 3.8) is 0 Å². The predicted octanol–water partition coefficient (Wildman–Crippen LogP) is 3.54. The molecule has 0 saturated carbocycles. The minimum absolute atomic E-state index is 0.0247. The Balaban J connectivity index is 3.16. The second-order valence-electron chi connectivity index (χ2n) is 5.72. The predicted molar refractivity (Wildman–Crippen MR) is 80.7 cm³/mol. The van der Waals surface area contributed by atoms with Gasteiger partial charge in [-0.05, 0) is 33.3 Å². The molecule has 0 aliphatic heterocycles. The maximum atomic E-state index is 13.5. The number of hydrogen-bond acceptors (Lipinski definition) is 2. The average molecular weight is 276 g/mol. The van der Waals surface area contributed by atoms with Gasteiger partial charge in [-0.3, -0.25) is 4.79 Å².